The fraction of sp³-hybridized carbons (Fsp3) is 0.500. The van der Waals surface area contributed by atoms with Crippen molar-refractivity contribution in [3.63, 3.8) is 0 Å². The van der Waals surface area contributed by atoms with E-state index in [9.17, 15) is 9.90 Å². The fourth-order valence-corrected chi connectivity index (χ4v) is 1.88. The zero-order valence-electron chi connectivity index (χ0n) is 11.2. The first-order chi connectivity index (χ1) is 8.45. The van der Waals surface area contributed by atoms with Crippen LogP contribution in [-0.4, -0.2) is 17.6 Å². The molecule has 18 heavy (non-hydrogen) atoms. The highest BCUT2D eigenvalue weighted by atomic mass is 16.3. The minimum atomic E-state index is -0.176. The molecule has 1 aromatic rings. The number of benzene rings is 1. The van der Waals surface area contributed by atoms with Gasteiger partial charge in [-0.1, -0.05) is 26.0 Å². The Kier molecular flexibility index (Phi) is 5.16. The average Bonchev–Trinajstić information content (AvgIpc) is 2.29. The van der Waals surface area contributed by atoms with Crippen molar-refractivity contribution in [1.82, 2.24) is 5.32 Å². The number of nitrogens with one attached hydrogen (secondary N) is 1. The van der Waals surface area contributed by atoms with Crippen LogP contribution in [0.15, 0.2) is 24.3 Å². The van der Waals surface area contributed by atoms with Gasteiger partial charge in [0.2, 0.25) is 5.91 Å². The molecule has 0 aliphatic carbocycles. The van der Waals surface area contributed by atoms with Crippen LogP contribution in [0.3, 0.4) is 0 Å². The van der Waals surface area contributed by atoms with Gasteiger partial charge in [-0.25, -0.2) is 0 Å². The Labute approximate surface area is 108 Å². The topological polar surface area (TPSA) is 75.4 Å². The van der Waals surface area contributed by atoms with Crippen LogP contribution in [0.4, 0.5) is 0 Å². The number of aromatic hydroxyl groups is 1. The van der Waals surface area contributed by atoms with Gasteiger partial charge < -0.3 is 16.2 Å². The number of hydrogen-bond acceptors (Lipinski definition) is 3. The molecule has 0 saturated carbocycles. The lowest BCUT2D eigenvalue weighted by Crippen LogP contribution is -2.39. The molecule has 1 rings (SSSR count). The van der Waals surface area contributed by atoms with E-state index in [1.54, 1.807) is 18.2 Å². The SMILES string of the molecule is CC(NC(=O)C(CN)C(C)C)c1cccc(O)c1. The average molecular weight is 250 g/mol. The van der Waals surface area contributed by atoms with Crippen LogP contribution >= 0.6 is 0 Å². The summed E-state index contributed by atoms with van der Waals surface area (Å²) in [5.41, 5.74) is 6.49. The number of nitrogens with two attached hydrogens (primary N) is 1. The van der Waals surface area contributed by atoms with Gasteiger partial charge in [0.15, 0.2) is 0 Å². The van der Waals surface area contributed by atoms with E-state index in [1.807, 2.05) is 26.8 Å². The van der Waals surface area contributed by atoms with Crippen molar-refractivity contribution >= 4 is 5.91 Å². The molecule has 0 fully saturated rings. The van der Waals surface area contributed by atoms with Gasteiger partial charge in [0.05, 0.1) is 12.0 Å². The second kappa shape index (κ2) is 6.40. The van der Waals surface area contributed by atoms with E-state index < -0.39 is 0 Å². The summed E-state index contributed by atoms with van der Waals surface area (Å²) in [5.74, 6) is 0.201. The molecular formula is C14H22N2O2. The molecule has 4 nitrogen and oxygen atoms in total. The van der Waals surface area contributed by atoms with Crippen LogP contribution in [-0.2, 0) is 4.79 Å². The second-order valence-electron chi connectivity index (χ2n) is 4.91. The molecule has 0 aliphatic heterocycles. The zero-order valence-corrected chi connectivity index (χ0v) is 11.2. The lowest BCUT2D eigenvalue weighted by atomic mass is 9.94. The number of carbonyl (C=O) groups is 1. The number of rotatable bonds is 5. The first kappa shape index (κ1) is 14.5. The summed E-state index contributed by atoms with van der Waals surface area (Å²) in [4.78, 5) is 12.0. The molecule has 2 atom stereocenters. The van der Waals surface area contributed by atoms with Crippen LogP contribution in [0.2, 0.25) is 0 Å². The van der Waals surface area contributed by atoms with Crippen molar-refractivity contribution in [2.75, 3.05) is 6.54 Å². The van der Waals surface area contributed by atoms with Gasteiger partial charge in [-0.15, -0.1) is 0 Å². The summed E-state index contributed by atoms with van der Waals surface area (Å²) in [7, 11) is 0. The smallest absolute Gasteiger partial charge is 0.225 e. The van der Waals surface area contributed by atoms with E-state index in [0.29, 0.717) is 6.54 Å². The Bertz CT molecular complexity index is 405. The second-order valence-corrected chi connectivity index (χ2v) is 4.91. The standard InChI is InChI=1S/C14H22N2O2/c1-9(2)13(8-15)14(18)16-10(3)11-5-4-6-12(17)7-11/h4-7,9-10,13,17H,8,15H2,1-3H3,(H,16,18). The lowest BCUT2D eigenvalue weighted by molar-refractivity contribution is -0.126. The highest BCUT2D eigenvalue weighted by Gasteiger charge is 2.22. The summed E-state index contributed by atoms with van der Waals surface area (Å²) >= 11 is 0. The number of carbonyl (C=O) groups excluding carboxylic acids is 1. The largest absolute Gasteiger partial charge is 0.508 e. The summed E-state index contributed by atoms with van der Waals surface area (Å²) in [6.45, 7) is 6.20. The molecule has 0 aliphatic rings. The van der Waals surface area contributed by atoms with Crippen LogP contribution < -0.4 is 11.1 Å². The minimum absolute atomic E-state index is 0.0386. The molecule has 0 spiro atoms. The fourth-order valence-electron chi connectivity index (χ4n) is 1.88. The molecule has 1 aromatic carbocycles. The van der Waals surface area contributed by atoms with Crippen molar-refractivity contribution in [1.29, 1.82) is 0 Å². The van der Waals surface area contributed by atoms with E-state index in [-0.39, 0.29) is 29.5 Å². The van der Waals surface area contributed by atoms with Crippen molar-refractivity contribution < 1.29 is 9.90 Å². The number of phenolic OH excluding ortho intramolecular Hbond substituents is 1. The molecule has 0 saturated heterocycles. The van der Waals surface area contributed by atoms with Gasteiger partial charge >= 0.3 is 0 Å². The molecule has 0 radical (unpaired) electrons. The highest BCUT2D eigenvalue weighted by molar-refractivity contribution is 5.79. The predicted octanol–water partition coefficient (Wildman–Crippen LogP) is 1.80. The van der Waals surface area contributed by atoms with Crippen LogP contribution in [0.25, 0.3) is 0 Å². The van der Waals surface area contributed by atoms with Crippen LogP contribution in [0.5, 0.6) is 5.75 Å². The maximum absolute atomic E-state index is 12.0. The monoisotopic (exact) mass is 250 g/mol. The maximum Gasteiger partial charge on any atom is 0.225 e. The van der Waals surface area contributed by atoms with Crippen molar-refractivity contribution in [3.05, 3.63) is 29.8 Å². The predicted molar refractivity (Wildman–Crippen MR) is 72.0 cm³/mol. The molecule has 0 aromatic heterocycles. The summed E-state index contributed by atoms with van der Waals surface area (Å²) in [5, 5.41) is 12.3. The van der Waals surface area contributed by atoms with Crippen LogP contribution in [0.1, 0.15) is 32.4 Å². The molecule has 1 amide bonds. The molecule has 0 bridgehead atoms. The Hall–Kier alpha value is -1.55. The van der Waals surface area contributed by atoms with Crippen LogP contribution in [0, 0.1) is 11.8 Å². The molecular weight excluding hydrogens is 228 g/mol. The van der Waals surface area contributed by atoms with Gasteiger partial charge in [-0.2, -0.15) is 0 Å². The Balaban J connectivity index is 2.70. The van der Waals surface area contributed by atoms with Gasteiger partial charge in [-0.3, -0.25) is 4.79 Å². The third-order valence-corrected chi connectivity index (χ3v) is 3.12. The lowest BCUT2D eigenvalue weighted by Gasteiger charge is -2.22. The highest BCUT2D eigenvalue weighted by Crippen LogP contribution is 2.19. The summed E-state index contributed by atoms with van der Waals surface area (Å²) < 4.78 is 0. The van der Waals surface area contributed by atoms with E-state index in [4.69, 9.17) is 5.73 Å². The minimum Gasteiger partial charge on any atom is -0.508 e. The maximum atomic E-state index is 12.0. The number of phenols is 1. The first-order valence-electron chi connectivity index (χ1n) is 6.25. The summed E-state index contributed by atoms with van der Waals surface area (Å²) in [6, 6.07) is 6.75. The number of hydrogen-bond donors (Lipinski definition) is 3. The van der Waals surface area contributed by atoms with Gasteiger partial charge in [0.25, 0.3) is 0 Å². The molecule has 0 heterocycles. The van der Waals surface area contributed by atoms with E-state index in [2.05, 4.69) is 5.32 Å². The quantitative estimate of drug-likeness (QED) is 0.746. The van der Waals surface area contributed by atoms with E-state index in [0.717, 1.165) is 5.56 Å². The third-order valence-electron chi connectivity index (χ3n) is 3.12. The third kappa shape index (κ3) is 3.74. The molecule has 4 heteroatoms. The van der Waals surface area contributed by atoms with Crippen molar-refractivity contribution in [2.24, 2.45) is 17.6 Å². The van der Waals surface area contributed by atoms with Crippen molar-refractivity contribution in [2.45, 2.75) is 26.8 Å². The first-order valence-corrected chi connectivity index (χ1v) is 6.25. The Morgan fingerprint density at radius 2 is 2.06 bits per heavy atom. The normalized spacial score (nSPS) is 14.3. The Morgan fingerprint density at radius 1 is 1.39 bits per heavy atom. The molecule has 4 N–H and O–H groups in total. The number of amides is 1. The van der Waals surface area contributed by atoms with E-state index in [1.165, 1.54) is 0 Å². The van der Waals surface area contributed by atoms with Gasteiger partial charge in [0, 0.05) is 6.54 Å². The van der Waals surface area contributed by atoms with Crippen molar-refractivity contribution in [3.8, 4) is 5.75 Å². The zero-order chi connectivity index (χ0) is 13.7. The summed E-state index contributed by atoms with van der Waals surface area (Å²) in [6.07, 6.45) is 0. The molecule has 2 unspecified atom stereocenters. The Morgan fingerprint density at radius 3 is 2.56 bits per heavy atom. The van der Waals surface area contributed by atoms with Gasteiger partial charge in [0.1, 0.15) is 5.75 Å². The van der Waals surface area contributed by atoms with Gasteiger partial charge in [-0.05, 0) is 30.5 Å². The van der Waals surface area contributed by atoms with E-state index >= 15 is 0 Å². The molecule has 100 valence electrons.